The summed E-state index contributed by atoms with van der Waals surface area (Å²) in [5.41, 5.74) is 1.68. The van der Waals surface area contributed by atoms with Crippen LogP contribution in [0.4, 0.5) is 0 Å². The van der Waals surface area contributed by atoms with Crippen molar-refractivity contribution >= 4 is 5.57 Å². The van der Waals surface area contributed by atoms with Crippen LogP contribution in [0, 0.1) is 5.41 Å². The average molecular weight is 202 g/mol. The molecule has 1 N–H and O–H groups in total. The summed E-state index contributed by atoms with van der Waals surface area (Å²) in [6.07, 6.45) is 2.90. The predicted octanol–water partition coefficient (Wildman–Crippen LogP) is 3.25. The van der Waals surface area contributed by atoms with Gasteiger partial charge in [0, 0.05) is 5.41 Å². The van der Waals surface area contributed by atoms with Crippen LogP contribution < -0.4 is 0 Å². The van der Waals surface area contributed by atoms with Crippen LogP contribution in [0.5, 0.6) is 0 Å². The summed E-state index contributed by atoms with van der Waals surface area (Å²) >= 11 is 0. The lowest BCUT2D eigenvalue weighted by Crippen LogP contribution is -2.38. The summed E-state index contributed by atoms with van der Waals surface area (Å²) in [6.45, 7) is 6.14. The third-order valence-corrected chi connectivity index (χ3v) is 3.81. The second-order valence-electron chi connectivity index (χ2n) is 5.09. The Bertz CT molecular complexity index is 385. The molecular weight excluding hydrogens is 184 g/mol. The first kappa shape index (κ1) is 10.4. The summed E-state index contributed by atoms with van der Waals surface area (Å²) in [6, 6.07) is 10.3. The normalized spacial score (nSPS) is 28.9. The Morgan fingerprint density at radius 2 is 1.67 bits per heavy atom. The molecule has 1 heteroatoms. The maximum Gasteiger partial charge on any atom is 0.0745 e. The monoisotopic (exact) mass is 202 g/mol. The molecule has 1 atom stereocenters. The zero-order chi connectivity index (χ0) is 11.1. The van der Waals surface area contributed by atoms with Crippen molar-refractivity contribution in [2.75, 3.05) is 0 Å². The van der Waals surface area contributed by atoms with Crippen molar-refractivity contribution in [3.05, 3.63) is 42.0 Å². The fraction of sp³-hybridized carbons (Fsp3) is 0.429. The third kappa shape index (κ3) is 1.51. The lowest BCUT2D eigenvalue weighted by atomic mass is 9.73. The van der Waals surface area contributed by atoms with E-state index in [1.54, 1.807) is 0 Å². The van der Waals surface area contributed by atoms with E-state index < -0.39 is 5.60 Å². The fourth-order valence-corrected chi connectivity index (χ4v) is 2.20. The highest BCUT2D eigenvalue weighted by atomic mass is 16.3. The minimum Gasteiger partial charge on any atom is -0.389 e. The molecule has 0 spiro atoms. The highest BCUT2D eigenvalue weighted by molar-refractivity contribution is 5.73. The van der Waals surface area contributed by atoms with Crippen LogP contribution in [0.25, 0.3) is 5.57 Å². The summed E-state index contributed by atoms with van der Waals surface area (Å²) in [4.78, 5) is 0. The molecule has 0 heterocycles. The first-order valence-electron chi connectivity index (χ1n) is 5.43. The Hall–Kier alpha value is -1.08. The van der Waals surface area contributed by atoms with Crippen molar-refractivity contribution in [1.29, 1.82) is 0 Å². The molecular formula is C14H18O. The van der Waals surface area contributed by atoms with Crippen molar-refractivity contribution in [1.82, 2.24) is 0 Å². The van der Waals surface area contributed by atoms with Gasteiger partial charge in [-0.25, -0.2) is 0 Å². The van der Waals surface area contributed by atoms with Gasteiger partial charge in [0.1, 0.15) is 0 Å². The molecule has 0 fully saturated rings. The summed E-state index contributed by atoms with van der Waals surface area (Å²) in [7, 11) is 0. The van der Waals surface area contributed by atoms with Gasteiger partial charge in [0.25, 0.3) is 0 Å². The summed E-state index contributed by atoms with van der Waals surface area (Å²) < 4.78 is 0. The Morgan fingerprint density at radius 3 is 2.13 bits per heavy atom. The predicted molar refractivity (Wildman–Crippen MR) is 63.4 cm³/mol. The Labute approximate surface area is 91.4 Å². The van der Waals surface area contributed by atoms with Crippen LogP contribution in [0.3, 0.4) is 0 Å². The fourth-order valence-electron chi connectivity index (χ4n) is 2.20. The van der Waals surface area contributed by atoms with Crippen molar-refractivity contribution in [3.8, 4) is 0 Å². The minimum absolute atomic E-state index is 0.172. The molecule has 0 saturated carbocycles. The molecule has 1 aliphatic carbocycles. The van der Waals surface area contributed by atoms with Crippen molar-refractivity contribution in [3.63, 3.8) is 0 Å². The smallest absolute Gasteiger partial charge is 0.0745 e. The van der Waals surface area contributed by atoms with Crippen LogP contribution in [0.15, 0.2) is 36.4 Å². The van der Waals surface area contributed by atoms with Crippen LogP contribution >= 0.6 is 0 Å². The molecule has 0 amide bonds. The van der Waals surface area contributed by atoms with E-state index in [1.807, 2.05) is 25.1 Å². The van der Waals surface area contributed by atoms with Gasteiger partial charge in [-0.05, 0) is 24.5 Å². The third-order valence-electron chi connectivity index (χ3n) is 3.81. The molecule has 0 radical (unpaired) electrons. The van der Waals surface area contributed by atoms with Crippen LogP contribution in [0.2, 0.25) is 0 Å². The topological polar surface area (TPSA) is 20.2 Å². The zero-order valence-corrected chi connectivity index (χ0v) is 9.62. The molecule has 0 saturated heterocycles. The summed E-state index contributed by atoms with van der Waals surface area (Å²) in [5, 5.41) is 10.3. The molecule has 80 valence electrons. The Balaban J connectivity index is 2.42. The van der Waals surface area contributed by atoms with E-state index in [0.717, 1.165) is 6.42 Å². The molecule has 1 nitrogen and oxygen atoms in total. The van der Waals surface area contributed by atoms with Crippen LogP contribution in [-0.4, -0.2) is 10.7 Å². The minimum atomic E-state index is -0.627. The van der Waals surface area contributed by atoms with E-state index in [2.05, 4.69) is 32.1 Å². The molecule has 0 aliphatic heterocycles. The van der Waals surface area contributed by atoms with Crippen molar-refractivity contribution < 1.29 is 5.11 Å². The lowest BCUT2D eigenvalue weighted by molar-refractivity contribution is -0.00738. The zero-order valence-electron chi connectivity index (χ0n) is 9.62. The van der Waals surface area contributed by atoms with Gasteiger partial charge in [0.2, 0.25) is 0 Å². The van der Waals surface area contributed by atoms with Crippen LogP contribution in [0.1, 0.15) is 32.8 Å². The quantitative estimate of drug-likeness (QED) is 0.741. The molecule has 0 bridgehead atoms. The number of hydrogen-bond donors (Lipinski definition) is 1. The van der Waals surface area contributed by atoms with E-state index >= 15 is 0 Å². The molecule has 1 aromatic carbocycles. The van der Waals surface area contributed by atoms with Gasteiger partial charge in [-0.2, -0.15) is 0 Å². The van der Waals surface area contributed by atoms with E-state index in [0.29, 0.717) is 0 Å². The number of aliphatic hydroxyl groups is 1. The second-order valence-corrected chi connectivity index (χ2v) is 5.09. The molecule has 1 aliphatic rings. The Kier molecular flexibility index (Phi) is 2.23. The van der Waals surface area contributed by atoms with Gasteiger partial charge in [-0.1, -0.05) is 50.3 Å². The Morgan fingerprint density at radius 1 is 1.07 bits per heavy atom. The largest absolute Gasteiger partial charge is 0.389 e. The highest BCUT2D eigenvalue weighted by Crippen LogP contribution is 2.50. The first-order chi connectivity index (χ1) is 6.95. The molecule has 15 heavy (non-hydrogen) atoms. The van der Waals surface area contributed by atoms with E-state index in [4.69, 9.17) is 0 Å². The standard InChI is InChI=1S/C14H18O/c1-13(2)12(9-10-14(13,3)15)11-7-5-4-6-8-11/h4-9,15H,10H2,1-3H3. The van der Waals surface area contributed by atoms with Gasteiger partial charge >= 0.3 is 0 Å². The maximum absolute atomic E-state index is 10.3. The molecule has 1 aromatic rings. The van der Waals surface area contributed by atoms with Gasteiger partial charge in [0.15, 0.2) is 0 Å². The van der Waals surface area contributed by atoms with E-state index in [-0.39, 0.29) is 5.41 Å². The lowest BCUT2D eigenvalue weighted by Gasteiger charge is -2.36. The maximum atomic E-state index is 10.3. The SMILES string of the molecule is CC1(O)CC=C(c2ccccc2)C1(C)C. The highest BCUT2D eigenvalue weighted by Gasteiger charge is 2.45. The number of rotatable bonds is 1. The van der Waals surface area contributed by atoms with E-state index in [1.165, 1.54) is 11.1 Å². The van der Waals surface area contributed by atoms with E-state index in [9.17, 15) is 5.11 Å². The van der Waals surface area contributed by atoms with Gasteiger partial charge in [-0.3, -0.25) is 0 Å². The van der Waals surface area contributed by atoms with Gasteiger partial charge in [-0.15, -0.1) is 0 Å². The molecule has 2 rings (SSSR count). The summed E-state index contributed by atoms with van der Waals surface area (Å²) in [5.74, 6) is 0. The number of hydrogen-bond acceptors (Lipinski definition) is 1. The number of benzene rings is 1. The second kappa shape index (κ2) is 3.21. The molecule has 0 aromatic heterocycles. The van der Waals surface area contributed by atoms with Gasteiger partial charge < -0.3 is 5.11 Å². The molecule has 1 unspecified atom stereocenters. The van der Waals surface area contributed by atoms with Crippen LogP contribution in [-0.2, 0) is 0 Å². The van der Waals surface area contributed by atoms with Crippen molar-refractivity contribution in [2.45, 2.75) is 32.8 Å². The van der Waals surface area contributed by atoms with Crippen molar-refractivity contribution in [2.24, 2.45) is 5.41 Å². The van der Waals surface area contributed by atoms with Gasteiger partial charge in [0.05, 0.1) is 5.60 Å². The average Bonchev–Trinajstić information content (AvgIpc) is 2.39. The first-order valence-corrected chi connectivity index (χ1v) is 5.43.